The molecule has 1 aliphatic carbocycles. The normalized spacial score (nSPS) is 14.0. The molecule has 1 saturated carbocycles. The molecule has 4 rings (SSSR count). The number of rotatable bonds is 4. The maximum Gasteiger partial charge on any atom is 0.259 e. The van der Waals surface area contributed by atoms with E-state index in [1.54, 1.807) is 7.11 Å². The summed E-state index contributed by atoms with van der Waals surface area (Å²) in [6.07, 6.45) is 2.23. The van der Waals surface area contributed by atoms with Gasteiger partial charge in [-0.2, -0.15) is 0 Å². The van der Waals surface area contributed by atoms with Gasteiger partial charge in [0, 0.05) is 22.2 Å². The minimum atomic E-state index is -0.346. The number of methoxy groups -OCH3 is 1. The van der Waals surface area contributed by atoms with Gasteiger partial charge in [0.05, 0.1) is 12.0 Å². The van der Waals surface area contributed by atoms with Gasteiger partial charge in [-0.25, -0.2) is 4.98 Å². The van der Waals surface area contributed by atoms with Crippen LogP contribution < -0.4 is 10.5 Å². The topological polar surface area (TPSA) is 65.2 Å². The molecule has 1 aliphatic rings. The van der Waals surface area contributed by atoms with Crippen LogP contribution in [-0.2, 0) is 0 Å². The van der Waals surface area contributed by atoms with Gasteiger partial charge in [0.25, 0.3) is 5.91 Å². The molecule has 2 aromatic heterocycles. The van der Waals surface area contributed by atoms with E-state index >= 15 is 0 Å². The molecular weight excluding hydrogens is 332 g/mol. The van der Waals surface area contributed by atoms with Gasteiger partial charge in [0.2, 0.25) is 0 Å². The predicted octanol–water partition coefficient (Wildman–Crippen LogP) is 4.57. The first kappa shape index (κ1) is 16.1. The summed E-state index contributed by atoms with van der Waals surface area (Å²) >= 11 is 1.43. The summed E-state index contributed by atoms with van der Waals surface area (Å²) in [7, 11) is 1.68. The predicted molar refractivity (Wildman–Crippen MR) is 102 cm³/mol. The molecule has 1 amide bonds. The van der Waals surface area contributed by atoms with Crippen LogP contribution in [0, 0.1) is 13.8 Å². The number of aromatic nitrogens is 1. The fourth-order valence-electron chi connectivity index (χ4n) is 3.67. The molecule has 1 aromatic carbocycles. The number of ether oxygens (including phenoxy) is 1. The maximum atomic E-state index is 12.0. The summed E-state index contributed by atoms with van der Waals surface area (Å²) in [5, 5.41) is 1.10. The average Bonchev–Trinajstić information content (AvgIpc) is 3.35. The second-order valence-electron chi connectivity index (χ2n) is 6.56. The van der Waals surface area contributed by atoms with Gasteiger partial charge >= 0.3 is 0 Å². The van der Waals surface area contributed by atoms with Crippen LogP contribution in [0.1, 0.15) is 45.3 Å². The number of hydrogen-bond donors (Lipinski definition) is 1. The van der Waals surface area contributed by atoms with E-state index in [0.29, 0.717) is 10.8 Å². The lowest BCUT2D eigenvalue weighted by Gasteiger charge is -2.15. The molecule has 5 heteroatoms. The van der Waals surface area contributed by atoms with Crippen molar-refractivity contribution in [3.05, 3.63) is 46.0 Å². The first-order valence-corrected chi connectivity index (χ1v) is 9.21. The third-order valence-corrected chi connectivity index (χ3v) is 6.01. The molecule has 0 bridgehead atoms. The fraction of sp³-hybridized carbons (Fsp3) is 0.300. The summed E-state index contributed by atoms with van der Waals surface area (Å²) in [5.74, 6) is 0.916. The van der Waals surface area contributed by atoms with Gasteiger partial charge in [0.15, 0.2) is 0 Å². The molecule has 0 aliphatic heterocycles. The zero-order valence-electron chi connectivity index (χ0n) is 14.6. The highest BCUT2D eigenvalue weighted by atomic mass is 32.1. The number of benzene rings is 1. The van der Waals surface area contributed by atoms with Crippen molar-refractivity contribution in [2.45, 2.75) is 32.6 Å². The molecule has 1 fully saturated rings. The molecule has 0 unspecified atom stereocenters. The summed E-state index contributed by atoms with van der Waals surface area (Å²) in [5.41, 5.74) is 11.0. The van der Waals surface area contributed by atoms with Crippen LogP contribution in [0.2, 0.25) is 0 Å². The number of carbonyl (C=O) groups is 1. The van der Waals surface area contributed by atoms with Crippen LogP contribution in [0.4, 0.5) is 0 Å². The van der Waals surface area contributed by atoms with E-state index in [9.17, 15) is 4.79 Å². The highest BCUT2D eigenvalue weighted by molar-refractivity contribution is 7.20. The third-order valence-electron chi connectivity index (χ3n) is 4.89. The van der Waals surface area contributed by atoms with E-state index in [2.05, 4.69) is 13.0 Å². The van der Waals surface area contributed by atoms with E-state index in [-0.39, 0.29) is 5.91 Å². The number of pyridine rings is 1. The van der Waals surface area contributed by atoms with Crippen LogP contribution in [0.25, 0.3) is 21.3 Å². The van der Waals surface area contributed by atoms with Crippen molar-refractivity contribution in [3.63, 3.8) is 0 Å². The van der Waals surface area contributed by atoms with Crippen molar-refractivity contribution < 1.29 is 9.53 Å². The number of amides is 1. The zero-order valence-corrected chi connectivity index (χ0v) is 15.4. The zero-order chi connectivity index (χ0) is 17.7. The van der Waals surface area contributed by atoms with Crippen LogP contribution in [-0.4, -0.2) is 18.0 Å². The summed E-state index contributed by atoms with van der Waals surface area (Å²) < 4.78 is 5.56. The van der Waals surface area contributed by atoms with Crippen molar-refractivity contribution in [3.8, 4) is 16.9 Å². The first-order chi connectivity index (χ1) is 12.0. The molecule has 0 spiro atoms. The number of thiophene rings is 1. The number of aryl methyl sites for hydroxylation is 2. The fourth-order valence-corrected chi connectivity index (χ4v) is 4.89. The molecule has 25 heavy (non-hydrogen) atoms. The van der Waals surface area contributed by atoms with E-state index in [1.807, 2.05) is 25.1 Å². The Labute approximate surface area is 150 Å². The minimum Gasteiger partial charge on any atom is -0.496 e. The van der Waals surface area contributed by atoms with E-state index < -0.39 is 0 Å². The third kappa shape index (κ3) is 2.50. The first-order valence-electron chi connectivity index (χ1n) is 8.39. The number of carbonyl (C=O) groups excluding carboxylic acids is 1. The van der Waals surface area contributed by atoms with Crippen LogP contribution in [0.5, 0.6) is 5.75 Å². The number of nitrogens with two attached hydrogens (primary N) is 1. The monoisotopic (exact) mass is 352 g/mol. The highest BCUT2D eigenvalue weighted by Crippen LogP contribution is 2.50. The molecular formula is C20H20N2O2S. The van der Waals surface area contributed by atoms with Gasteiger partial charge in [-0.1, -0.05) is 18.2 Å². The second kappa shape index (κ2) is 5.85. The van der Waals surface area contributed by atoms with Crippen molar-refractivity contribution in [2.75, 3.05) is 7.11 Å². The van der Waals surface area contributed by atoms with Gasteiger partial charge in [-0.3, -0.25) is 4.79 Å². The van der Waals surface area contributed by atoms with E-state index in [1.165, 1.54) is 11.3 Å². The van der Waals surface area contributed by atoms with E-state index in [0.717, 1.165) is 56.8 Å². The average molecular weight is 352 g/mol. The Kier molecular flexibility index (Phi) is 3.76. The molecule has 0 atom stereocenters. The van der Waals surface area contributed by atoms with Gasteiger partial charge < -0.3 is 10.5 Å². The second-order valence-corrected chi connectivity index (χ2v) is 7.56. The summed E-state index contributed by atoms with van der Waals surface area (Å²) in [4.78, 5) is 18.4. The van der Waals surface area contributed by atoms with Crippen molar-refractivity contribution in [2.24, 2.45) is 5.73 Å². The Morgan fingerprint density at radius 1 is 1.28 bits per heavy atom. The van der Waals surface area contributed by atoms with Gasteiger partial charge in [0.1, 0.15) is 10.6 Å². The maximum absolute atomic E-state index is 12.0. The Morgan fingerprint density at radius 3 is 2.64 bits per heavy atom. The molecule has 0 radical (unpaired) electrons. The van der Waals surface area contributed by atoms with E-state index in [4.69, 9.17) is 15.5 Å². The van der Waals surface area contributed by atoms with Crippen LogP contribution in [0.15, 0.2) is 24.3 Å². The number of hydrogen-bond acceptors (Lipinski definition) is 4. The van der Waals surface area contributed by atoms with Crippen LogP contribution in [0.3, 0.4) is 0 Å². The minimum absolute atomic E-state index is 0.346. The highest BCUT2D eigenvalue weighted by Gasteiger charge is 2.33. The Bertz CT molecular complexity index is 1000. The number of para-hydroxylation sites is 1. The van der Waals surface area contributed by atoms with Crippen LogP contribution >= 0.6 is 11.3 Å². The number of nitrogens with zero attached hydrogens (tertiary/aromatic N) is 1. The molecule has 2 N–H and O–H groups in total. The molecule has 128 valence electrons. The number of fused-ring (bicyclic) bond motifs is 1. The lowest BCUT2D eigenvalue weighted by Crippen LogP contribution is -2.10. The van der Waals surface area contributed by atoms with Gasteiger partial charge in [-0.15, -0.1) is 11.3 Å². The van der Waals surface area contributed by atoms with Gasteiger partial charge in [-0.05, 0) is 49.8 Å². The van der Waals surface area contributed by atoms with Crippen molar-refractivity contribution in [1.29, 1.82) is 0 Å². The summed E-state index contributed by atoms with van der Waals surface area (Å²) in [6, 6.07) is 7.98. The molecule has 3 aromatic rings. The van der Waals surface area contributed by atoms with Crippen molar-refractivity contribution in [1.82, 2.24) is 4.98 Å². The Hall–Kier alpha value is -2.40. The van der Waals surface area contributed by atoms with Crippen molar-refractivity contribution >= 4 is 27.5 Å². The number of primary amides is 1. The Balaban J connectivity index is 2.07. The standard InChI is InChI=1S/C20H20N2O2S/c1-10-15(13-6-4-5-7-14(13)24-3)11(2)22-20-16(10)17(12-8-9-12)18(25-20)19(21)23/h4-7,12H,8-9H2,1-3H3,(H2,21,23). The lowest BCUT2D eigenvalue weighted by molar-refractivity contribution is 0.100. The largest absolute Gasteiger partial charge is 0.496 e. The smallest absolute Gasteiger partial charge is 0.259 e. The molecule has 2 heterocycles. The lowest BCUT2D eigenvalue weighted by atomic mass is 9.94. The SMILES string of the molecule is COc1ccccc1-c1c(C)nc2sc(C(N)=O)c(C3CC3)c2c1C. The summed E-state index contributed by atoms with van der Waals surface area (Å²) in [6.45, 7) is 4.12. The quantitative estimate of drug-likeness (QED) is 0.748. The molecule has 0 saturated heterocycles. The Morgan fingerprint density at radius 2 is 2.00 bits per heavy atom. The molecule has 4 nitrogen and oxygen atoms in total.